The molecule has 0 heterocycles. The minimum atomic E-state index is 0.393. The molecule has 1 nitrogen and oxygen atoms in total. The molecule has 0 N–H and O–H groups in total. The highest BCUT2D eigenvalue weighted by molar-refractivity contribution is 5.95. The van der Waals surface area contributed by atoms with E-state index in [1.807, 2.05) is 0 Å². The summed E-state index contributed by atoms with van der Waals surface area (Å²) in [5, 5.41) is 0. The van der Waals surface area contributed by atoms with E-state index in [2.05, 4.69) is 13.0 Å². The topological polar surface area (TPSA) is 17.1 Å². The maximum atomic E-state index is 11.2. The lowest BCUT2D eigenvalue weighted by Gasteiger charge is -2.10. The molecule has 0 spiro atoms. The Morgan fingerprint density at radius 2 is 2.36 bits per heavy atom. The molecule has 1 aliphatic rings. The van der Waals surface area contributed by atoms with E-state index >= 15 is 0 Å². The molecule has 0 aromatic rings. The summed E-state index contributed by atoms with van der Waals surface area (Å²) < 4.78 is 0. The van der Waals surface area contributed by atoms with Gasteiger partial charge in [-0.3, -0.25) is 4.79 Å². The van der Waals surface area contributed by atoms with Gasteiger partial charge in [0, 0.05) is 6.42 Å². The zero-order valence-electron chi connectivity index (χ0n) is 7.23. The van der Waals surface area contributed by atoms with Gasteiger partial charge in [-0.15, -0.1) is 0 Å². The lowest BCUT2D eigenvalue weighted by molar-refractivity contribution is -0.116. The highest BCUT2D eigenvalue weighted by Gasteiger charge is 2.11. The zero-order chi connectivity index (χ0) is 8.10. The number of unbranched alkanes of at least 4 members (excludes halogenated alkanes) is 1. The summed E-state index contributed by atoms with van der Waals surface area (Å²) in [4.78, 5) is 11.2. The SMILES string of the molecule is CCCCC1=CCCCC1=O. The third-order valence-corrected chi connectivity index (χ3v) is 2.16. The van der Waals surface area contributed by atoms with Crippen molar-refractivity contribution in [2.24, 2.45) is 0 Å². The maximum absolute atomic E-state index is 11.2. The Kier molecular flexibility index (Phi) is 3.34. The number of Topliss-reactive ketones (excluding diaryl/α,β-unsaturated/α-hetero) is 1. The van der Waals surface area contributed by atoms with Gasteiger partial charge >= 0.3 is 0 Å². The van der Waals surface area contributed by atoms with E-state index in [0.29, 0.717) is 5.78 Å². The van der Waals surface area contributed by atoms with Crippen molar-refractivity contribution in [1.82, 2.24) is 0 Å². The van der Waals surface area contributed by atoms with E-state index in [1.54, 1.807) is 0 Å². The summed E-state index contributed by atoms with van der Waals surface area (Å²) in [6.07, 6.45) is 8.45. The standard InChI is InChI=1S/C10H16O/c1-2-3-6-9-7-4-5-8-10(9)11/h7H,2-6,8H2,1H3. The van der Waals surface area contributed by atoms with E-state index in [1.165, 1.54) is 6.42 Å². The second-order valence-electron chi connectivity index (χ2n) is 3.15. The van der Waals surface area contributed by atoms with Crippen molar-refractivity contribution in [1.29, 1.82) is 0 Å². The molecule has 0 saturated carbocycles. The molecule has 0 radical (unpaired) electrons. The van der Waals surface area contributed by atoms with Crippen molar-refractivity contribution in [2.75, 3.05) is 0 Å². The second kappa shape index (κ2) is 4.32. The summed E-state index contributed by atoms with van der Waals surface area (Å²) in [5.41, 5.74) is 1.10. The van der Waals surface area contributed by atoms with Crippen LogP contribution in [0, 0.1) is 0 Å². The fourth-order valence-corrected chi connectivity index (χ4v) is 1.42. The van der Waals surface area contributed by atoms with Crippen LogP contribution in [0.3, 0.4) is 0 Å². The van der Waals surface area contributed by atoms with Crippen LogP contribution >= 0.6 is 0 Å². The maximum Gasteiger partial charge on any atom is 0.158 e. The first kappa shape index (κ1) is 8.51. The fourth-order valence-electron chi connectivity index (χ4n) is 1.42. The number of hydrogen-bond donors (Lipinski definition) is 0. The molecule has 0 aromatic carbocycles. The Balaban J connectivity index is 2.41. The quantitative estimate of drug-likeness (QED) is 0.607. The van der Waals surface area contributed by atoms with Gasteiger partial charge in [0.05, 0.1) is 0 Å². The van der Waals surface area contributed by atoms with Crippen LogP contribution in [0.25, 0.3) is 0 Å². The first-order valence-corrected chi connectivity index (χ1v) is 4.57. The van der Waals surface area contributed by atoms with E-state index in [0.717, 1.165) is 37.7 Å². The van der Waals surface area contributed by atoms with E-state index < -0.39 is 0 Å². The fraction of sp³-hybridized carbons (Fsp3) is 0.700. The number of carbonyl (C=O) groups is 1. The van der Waals surface area contributed by atoms with Crippen LogP contribution in [0.5, 0.6) is 0 Å². The minimum Gasteiger partial charge on any atom is -0.295 e. The van der Waals surface area contributed by atoms with Gasteiger partial charge < -0.3 is 0 Å². The van der Waals surface area contributed by atoms with Crippen molar-refractivity contribution in [3.63, 3.8) is 0 Å². The van der Waals surface area contributed by atoms with E-state index in [4.69, 9.17) is 0 Å². The van der Waals surface area contributed by atoms with Gasteiger partial charge in [0.1, 0.15) is 0 Å². The molecular weight excluding hydrogens is 136 g/mol. The van der Waals surface area contributed by atoms with Crippen LogP contribution in [-0.2, 0) is 4.79 Å². The summed E-state index contributed by atoms with van der Waals surface area (Å²) in [6.45, 7) is 2.16. The van der Waals surface area contributed by atoms with Crippen molar-refractivity contribution < 1.29 is 4.79 Å². The Morgan fingerprint density at radius 3 is 3.00 bits per heavy atom. The number of carbonyl (C=O) groups excluding carboxylic acids is 1. The molecule has 0 aromatic heterocycles. The van der Waals surface area contributed by atoms with Crippen molar-refractivity contribution in [3.05, 3.63) is 11.6 Å². The average molecular weight is 152 g/mol. The summed E-state index contributed by atoms with van der Waals surface area (Å²) >= 11 is 0. The van der Waals surface area contributed by atoms with Crippen molar-refractivity contribution in [3.8, 4) is 0 Å². The molecule has 0 fully saturated rings. The number of ketones is 1. The van der Waals surface area contributed by atoms with Gasteiger partial charge in [0.15, 0.2) is 5.78 Å². The molecule has 1 rings (SSSR count). The van der Waals surface area contributed by atoms with Gasteiger partial charge in [-0.25, -0.2) is 0 Å². The summed E-state index contributed by atoms with van der Waals surface area (Å²) in [5.74, 6) is 0.393. The molecule has 0 bridgehead atoms. The molecule has 0 amide bonds. The second-order valence-corrected chi connectivity index (χ2v) is 3.15. The predicted molar refractivity (Wildman–Crippen MR) is 46.5 cm³/mol. The molecule has 1 aliphatic carbocycles. The molecule has 11 heavy (non-hydrogen) atoms. The first-order chi connectivity index (χ1) is 5.34. The number of hydrogen-bond acceptors (Lipinski definition) is 1. The van der Waals surface area contributed by atoms with Crippen LogP contribution in [0.2, 0.25) is 0 Å². The third-order valence-electron chi connectivity index (χ3n) is 2.16. The summed E-state index contributed by atoms with van der Waals surface area (Å²) in [6, 6.07) is 0. The molecular formula is C10H16O. The normalized spacial score (nSPS) is 18.3. The lowest BCUT2D eigenvalue weighted by atomic mass is 9.94. The number of allylic oxidation sites excluding steroid dienone is 2. The Labute approximate surface area is 68.5 Å². The molecule has 62 valence electrons. The highest BCUT2D eigenvalue weighted by Crippen LogP contribution is 2.18. The van der Waals surface area contributed by atoms with Crippen molar-refractivity contribution >= 4 is 5.78 Å². The molecule has 0 saturated heterocycles. The average Bonchev–Trinajstić information content (AvgIpc) is 2.03. The summed E-state index contributed by atoms with van der Waals surface area (Å²) in [7, 11) is 0. The largest absolute Gasteiger partial charge is 0.295 e. The van der Waals surface area contributed by atoms with Crippen LogP contribution < -0.4 is 0 Å². The molecule has 0 aliphatic heterocycles. The molecule has 1 heteroatoms. The van der Waals surface area contributed by atoms with E-state index in [-0.39, 0.29) is 0 Å². The van der Waals surface area contributed by atoms with Crippen LogP contribution in [0.15, 0.2) is 11.6 Å². The van der Waals surface area contributed by atoms with Gasteiger partial charge in [-0.1, -0.05) is 19.4 Å². The Morgan fingerprint density at radius 1 is 1.55 bits per heavy atom. The molecule has 0 unspecified atom stereocenters. The van der Waals surface area contributed by atoms with Crippen LogP contribution in [-0.4, -0.2) is 5.78 Å². The predicted octanol–water partition coefficient (Wildman–Crippen LogP) is 2.86. The van der Waals surface area contributed by atoms with Gasteiger partial charge in [0.25, 0.3) is 0 Å². The van der Waals surface area contributed by atoms with Crippen LogP contribution in [0.4, 0.5) is 0 Å². The van der Waals surface area contributed by atoms with E-state index in [9.17, 15) is 4.79 Å². The smallest absolute Gasteiger partial charge is 0.158 e. The van der Waals surface area contributed by atoms with Gasteiger partial charge in [-0.05, 0) is 31.3 Å². The lowest BCUT2D eigenvalue weighted by Crippen LogP contribution is -2.06. The first-order valence-electron chi connectivity index (χ1n) is 4.57. The minimum absolute atomic E-state index is 0.393. The monoisotopic (exact) mass is 152 g/mol. The highest BCUT2D eigenvalue weighted by atomic mass is 16.1. The Hall–Kier alpha value is -0.590. The number of rotatable bonds is 3. The van der Waals surface area contributed by atoms with Gasteiger partial charge in [0.2, 0.25) is 0 Å². The Bertz CT molecular complexity index is 168. The van der Waals surface area contributed by atoms with Gasteiger partial charge in [-0.2, -0.15) is 0 Å². The van der Waals surface area contributed by atoms with Crippen molar-refractivity contribution in [2.45, 2.75) is 45.4 Å². The zero-order valence-corrected chi connectivity index (χ0v) is 7.23. The third kappa shape index (κ3) is 2.49. The van der Waals surface area contributed by atoms with Crippen LogP contribution in [0.1, 0.15) is 45.4 Å². The molecule has 0 atom stereocenters.